The lowest BCUT2D eigenvalue weighted by molar-refractivity contribution is -0.127. The van der Waals surface area contributed by atoms with Crippen LogP contribution in [-0.4, -0.2) is 41.3 Å². The van der Waals surface area contributed by atoms with E-state index in [9.17, 15) is 9.59 Å². The summed E-state index contributed by atoms with van der Waals surface area (Å²) in [4.78, 5) is 32.1. The fourth-order valence-corrected chi connectivity index (χ4v) is 4.69. The van der Waals surface area contributed by atoms with Crippen LogP contribution in [0.3, 0.4) is 0 Å². The number of likely N-dealkylation sites (tertiary alicyclic amines) is 1. The molecule has 0 saturated carbocycles. The van der Waals surface area contributed by atoms with Gasteiger partial charge in [0, 0.05) is 36.5 Å². The van der Waals surface area contributed by atoms with Gasteiger partial charge in [0.2, 0.25) is 5.91 Å². The Balaban J connectivity index is 1.67. The highest BCUT2D eigenvalue weighted by Crippen LogP contribution is 2.34. The molecule has 0 aliphatic carbocycles. The molecule has 2 heterocycles. The molecule has 0 atom stereocenters. The summed E-state index contributed by atoms with van der Waals surface area (Å²) >= 11 is 1.60. The van der Waals surface area contributed by atoms with Gasteiger partial charge >= 0.3 is 0 Å². The highest BCUT2D eigenvalue weighted by Gasteiger charge is 2.22. The zero-order chi connectivity index (χ0) is 21.9. The van der Waals surface area contributed by atoms with E-state index < -0.39 is 0 Å². The maximum atomic E-state index is 12.8. The quantitative estimate of drug-likeness (QED) is 0.634. The molecule has 6 heteroatoms. The Morgan fingerprint density at radius 2 is 1.93 bits per heavy atom. The van der Waals surface area contributed by atoms with Gasteiger partial charge in [-0.3, -0.25) is 9.59 Å². The Hall–Kier alpha value is -2.21. The lowest BCUT2D eigenvalue weighted by atomic mass is 9.87. The lowest BCUT2D eigenvalue weighted by Gasteiger charge is -2.18. The molecule has 1 aromatic heterocycles. The maximum Gasteiger partial charge on any atom is 0.271 e. The molecule has 0 radical (unpaired) electrons. The summed E-state index contributed by atoms with van der Waals surface area (Å²) in [5, 5.41) is 3.88. The minimum Gasteiger partial charge on any atom is -0.351 e. The lowest BCUT2D eigenvalue weighted by Crippen LogP contribution is -2.31. The zero-order valence-electron chi connectivity index (χ0n) is 18.7. The average molecular weight is 428 g/mol. The van der Waals surface area contributed by atoms with Crippen molar-refractivity contribution in [1.82, 2.24) is 15.2 Å². The second-order valence-electron chi connectivity index (χ2n) is 9.31. The standard InChI is InChI=1S/C24H33N3O2S/c1-16(2)21-20(22(29)25-13-7-15-27-14-6-8-19(27)28)26-23(30-21)17-9-11-18(12-10-17)24(3,4)5/h9-12,16H,6-8,13-15H2,1-5H3,(H,25,29). The Bertz CT molecular complexity index is 894. The molecule has 30 heavy (non-hydrogen) atoms. The van der Waals surface area contributed by atoms with E-state index in [1.54, 1.807) is 11.3 Å². The highest BCUT2D eigenvalue weighted by molar-refractivity contribution is 7.15. The predicted octanol–water partition coefficient (Wildman–Crippen LogP) is 4.97. The topological polar surface area (TPSA) is 62.3 Å². The summed E-state index contributed by atoms with van der Waals surface area (Å²) in [6, 6.07) is 8.48. The molecular formula is C24H33N3O2S. The van der Waals surface area contributed by atoms with Crippen LogP contribution < -0.4 is 5.32 Å². The number of hydrogen-bond donors (Lipinski definition) is 1. The molecule has 3 rings (SSSR count). The number of nitrogens with one attached hydrogen (secondary N) is 1. The van der Waals surface area contributed by atoms with Crippen LogP contribution >= 0.6 is 11.3 Å². The largest absolute Gasteiger partial charge is 0.351 e. The summed E-state index contributed by atoms with van der Waals surface area (Å²) in [6.45, 7) is 12.9. The van der Waals surface area contributed by atoms with Gasteiger partial charge in [-0.15, -0.1) is 11.3 Å². The third kappa shape index (κ3) is 5.28. The molecule has 0 bridgehead atoms. The van der Waals surface area contributed by atoms with E-state index in [-0.39, 0.29) is 23.1 Å². The first-order valence-electron chi connectivity index (χ1n) is 10.8. The predicted molar refractivity (Wildman–Crippen MR) is 123 cm³/mol. The van der Waals surface area contributed by atoms with Crippen LogP contribution in [0.2, 0.25) is 0 Å². The summed E-state index contributed by atoms with van der Waals surface area (Å²) in [5.41, 5.74) is 2.96. The van der Waals surface area contributed by atoms with E-state index in [2.05, 4.69) is 64.2 Å². The van der Waals surface area contributed by atoms with Crippen LogP contribution in [0.15, 0.2) is 24.3 Å². The van der Waals surface area contributed by atoms with E-state index in [4.69, 9.17) is 4.98 Å². The van der Waals surface area contributed by atoms with Crippen molar-refractivity contribution in [3.8, 4) is 10.6 Å². The SMILES string of the molecule is CC(C)c1sc(-c2ccc(C(C)(C)C)cc2)nc1C(=O)NCCCN1CCCC1=O. The van der Waals surface area contributed by atoms with Crippen molar-refractivity contribution in [2.45, 2.75) is 65.2 Å². The van der Waals surface area contributed by atoms with Gasteiger partial charge in [-0.25, -0.2) is 4.98 Å². The van der Waals surface area contributed by atoms with Crippen molar-refractivity contribution in [3.63, 3.8) is 0 Å². The number of carbonyl (C=O) groups is 2. The van der Waals surface area contributed by atoms with Crippen LogP contribution in [0, 0.1) is 0 Å². The number of rotatable bonds is 7. The van der Waals surface area contributed by atoms with Crippen molar-refractivity contribution in [1.29, 1.82) is 0 Å². The molecular weight excluding hydrogens is 394 g/mol. The normalized spacial score (nSPS) is 14.6. The number of nitrogens with zero attached hydrogens (tertiary/aromatic N) is 2. The van der Waals surface area contributed by atoms with Crippen LogP contribution in [0.25, 0.3) is 10.6 Å². The number of aromatic nitrogens is 1. The Morgan fingerprint density at radius 1 is 1.23 bits per heavy atom. The maximum absolute atomic E-state index is 12.8. The van der Waals surface area contributed by atoms with Crippen LogP contribution in [-0.2, 0) is 10.2 Å². The summed E-state index contributed by atoms with van der Waals surface area (Å²) in [6.07, 6.45) is 2.36. The highest BCUT2D eigenvalue weighted by atomic mass is 32.1. The van der Waals surface area contributed by atoms with E-state index >= 15 is 0 Å². The van der Waals surface area contributed by atoms with E-state index in [1.165, 1.54) is 5.56 Å². The summed E-state index contributed by atoms with van der Waals surface area (Å²) in [5.74, 6) is 0.332. The molecule has 1 N–H and O–H groups in total. The fraction of sp³-hybridized carbons (Fsp3) is 0.542. The molecule has 1 saturated heterocycles. The zero-order valence-corrected chi connectivity index (χ0v) is 19.6. The Kier molecular flexibility index (Phi) is 6.96. The summed E-state index contributed by atoms with van der Waals surface area (Å²) in [7, 11) is 0. The Labute approximate surface area is 183 Å². The van der Waals surface area contributed by atoms with Gasteiger partial charge in [-0.05, 0) is 29.7 Å². The summed E-state index contributed by atoms with van der Waals surface area (Å²) < 4.78 is 0. The minimum atomic E-state index is -0.125. The van der Waals surface area contributed by atoms with Crippen molar-refractivity contribution < 1.29 is 9.59 Å². The van der Waals surface area contributed by atoms with Crippen molar-refractivity contribution in [3.05, 3.63) is 40.4 Å². The third-order valence-corrected chi connectivity index (χ3v) is 6.86. The molecule has 1 fully saturated rings. The molecule has 1 aliphatic heterocycles. The van der Waals surface area contributed by atoms with Gasteiger partial charge in [0.05, 0.1) is 0 Å². The molecule has 0 unspecified atom stereocenters. The van der Waals surface area contributed by atoms with Crippen LogP contribution in [0.5, 0.6) is 0 Å². The molecule has 2 aromatic rings. The first-order valence-corrected chi connectivity index (χ1v) is 11.7. The monoisotopic (exact) mass is 427 g/mol. The van der Waals surface area contributed by atoms with Crippen LogP contribution in [0.4, 0.5) is 0 Å². The van der Waals surface area contributed by atoms with Crippen molar-refractivity contribution in [2.24, 2.45) is 0 Å². The number of carbonyl (C=O) groups excluding carboxylic acids is 2. The van der Waals surface area contributed by atoms with Gasteiger partial charge in [-0.1, -0.05) is 58.9 Å². The van der Waals surface area contributed by atoms with E-state index in [1.807, 2.05) is 4.90 Å². The first-order chi connectivity index (χ1) is 14.2. The Morgan fingerprint density at radius 3 is 2.50 bits per heavy atom. The molecule has 1 aromatic carbocycles. The van der Waals surface area contributed by atoms with Crippen molar-refractivity contribution >= 4 is 23.2 Å². The average Bonchev–Trinajstić information content (AvgIpc) is 3.31. The number of benzene rings is 1. The van der Waals surface area contributed by atoms with Crippen LogP contribution in [0.1, 0.15) is 80.7 Å². The van der Waals surface area contributed by atoms with E-state index in [0.717, 1.165) is 34.8 Å². The second-order valence-corrected chi connectivity index (χ2v) is 10.3. The van der Waals surface area contributed by atoms with Gasteiger partial charge in [0.25, 0.3) is 5.91 Å². The van der Waals surface area contributed by atoms with Gasteiger partial charge in [0.15, 0.2) is 0 Å². The van der Waals surface area contributed by atoms with Gasteiger partial charge < -0.3 is 10.2 Å². The molecule has 0 spiro atoms. The molecule has 2 amide bonds. The molecule has 5 nitrogen and oxygen atoms in total. The number of hydrogen-bond acceptors (Lipinski definition) is 4. The van der Waals surface area contributed by atoms with Gasteiger partial charge in [0.1, 0.15) is 10.7 Å². The first kappa shape index (κ1) is 22.5. The number of thiazole rings is 1. The van der Waals surface area contributed by atoms with Gasteiger partial charge in [-0.2, -0.15) is 0 Å². The third-order valence-electron chi connectivity index (χ3n) is 5.45. The minimum absolute atomic E-state index is 0.106. The van der Waals surface area contributed by atoms with E-state index in [0.29, 0.717) is 25.2 Å². The second kappa shape index (κ2) is 9.29. The number of amides is 2. The molecule has 162 valence electrons. The molecule has 1 aliphatic rings. The fourth-order valence-electron chi connectivity index (χ4n) is 3.62. The van der Waals surface area contributed by atoms with Crippen molar-refractivity contribution in [2.75, 3.05) is 19.6 Å². The smallest absolute Gasteiger partial charge is 0.271 e.